The summed E-state index contributed by atoms with van der Waals surface area (Å²) in [6, 6.07) is 18.0. The molecule has 24 heavy (non-hydrogen) atoms. The Morgan fingerprint density at radius 3 is 2.04 bits per heavy atom. The van der Waals surface area contributed by atoms with Gasteiger partial charge in [0.15, 0.2) is 9.84 Å². The van der Waals surface area contributed by atoms with Crippen molar-refractivity contribution in [1.29, 1.82) is 0 Å². The van der Waals surface area contributed by atoms with Crippen LogP contribution in [0, 0.1) is 0 Å². The summed E-state index contributed by atoms with van der Waals surface area (Å²) >= 11 is 0. The quantitative estimate of drug-likeness (QED) is 0.774. The van der Waals surface area contributed by atoms with Gasteiger partial charge in [-0.3, -0.25) is 4.79 Å². The number of amides is 1. The first-order valence-corrected chi connectivity index (χ1v) is 9.66. The summed E-state index contributed by atoms with van der Waals surface area (Å²) < 4.78 is 24.6. The minimum absolute atomic E-state index is 0.0112. The Morgan fingerprint density at radius 2 is 1.50 bits per heavy atom. The van der Waals surface area contributed by atoms with Crippen molar-refractivity contribution in [2.24, 2.45) is 0 Å². The van der Waals surface area contributed by atoms with Gasteiger partial charge in [-0.15, -0.1) is 0 Å². The molecular weight excluding hydrogens is 322 g/mol. The van der Waals surface area contributed by atoms with E-state index in [1.165, 1.54) is 0 Å². The predicted octanol–water partition coefficient (Wildman–Crippen LogP) is 3.29. The number of nitrogens with zero attached hydrogens (tertiary/aromatic N) is 1. The van der Waals surface area contributed by atoms with Gasteiger partial charge >= 0.3 is 0 Å². The Kier molecular flexibility index (Phi) is 6.15. The van der Waals surface area contributed by atoms with E-state index in [2.05, 4.69) is 0 Å². The number of carbonyl (C=O) groups excluding carboxylic acids is 1. The third-order valence-electron chi connectivity index (χ3n) is 3.83. The molecule has 2 rings (SSSR count). The largest absolute Gasteiger partial charge is 0.336 e. The fourth-order valence-electron chi connectivity index (χ4n) is 2.45. The van der Waals surface area contributed by atoms with Crippen LogP contribution < -0.4 is 0 Å². The van der Waals surface area contributed by atoms with Crippen LogP contribution in [0.15, 0.2) is 65.6 Å². The first-order chi connectivity index (χ1) is 11.4. The highest BCUT2D eigenvalue weighted by Crippen LogP contribution is 2.14. The molecule has 0 unspecified atom stereocenters. The van der Waals surface area contributed by atoms with E-state index < -0.39 is 9.84 Å². The second-order valence-corrected chi connectivity index (χ2v) is 8.09. The highest BCUT2D eigenvalue weighted by molar-refractivity contribution is 7.91. The first-order valence-electron chi connectivity index (χ1n) is 8.01. The van der Waals surface area contributed by atoms with Crippen molar-refractivity contribution in [2.45, 2.75) is 37.8 Å². The summed E-state index contributed by atoms with van der Waals surface area (Å²) in [5.74, 6) is -0.318. The molecular formula is C19H23NO3S. The van der Waals surface area contributed by atoms with E-state index in [9.17, 15) is 13.2 Å². The Balaban J connectivity index is 2.03. The van der Waals surface area contributed by atoms with Crippen LogP contribution >= 0.6 is 0 Å². The lowest BCUT2D eigenvalue weighted by Crippen LogP contribution is -2.37. The predicted molar refractivity (Wildman–Crippen MR) is 95.2 cm³/mol. The van der Waals surface area contributed by atoms with Gasteiger partial charge in [0.2, 0.25) is 5.91 Å². The summed E-state index contributed by atoms with van der Waals surface area (Å²) in [5, 5.41) is 0. The van der Waals surface area contributed by atoms with Crippen LogP contribution in [0.5, 0.6) is 0 Å². The molecule has 0 heterocycles. The summed E-state index contributed by atoms with van der Waals surface area (Å²) in [6.07, 6.45) is -0.0117. The van der Waals surface area contributed by atoms with Crippen LogP contribution in [0.1, 0.15) is 25.8 Å². The molecule has 0 aliphatic carbocycles. The topological polar surface area (TPSA) is 54.5 Å². The van der Waals surface area contributed by atoms with Gasteiger partial charge in [0, 0.05) is 19.0 Å². The summed E-state index contributed by atoms with van der Waals surface area (Å²) in [5.41, 5.74) is 1.03. The van der Waals surface area contributed by atoms with Crippen molar-refractivity contribution < 1.29 is 13.2 Å². The zero-order valence-corrected chi connectivity index (χ0v) is 14.9. The smallest absolute Gasteiger partial charge is 0.224 e. The van der Waals surface area contributed by atoms with Gasteiger partial charge in [-0.25, -0.2) is 8.42 Å². The minimum atomic E-state index is -3.43. The van der Waals surface area contributed by atoms with Crippen LogP contribution in [0.3, 0.4) is 0 Å². The number of hydrogen-bond donors (Lipinski definition) is 0. The van der Waals surface area contributed by atoms with E-state index in [1.54, 1.807) is 35.2 Å². The lowest BCUT2D eigenvalue weighted by Gasteiger charge is -2.27. The zero-order valence-electron chi connectivity index (χ0n) is 14.1. The first kappa shape index (κ1) is 18.2. The maximum absolute atomic E-state index is 12.5. The molecule has 0 saturated carbocycles. The van der Waals surface area contributed by atoms with Crippen molar-refractivity contribution in [3.05, 3.63) is 66.2 Å². The van der Waals surface area contributed by atoms with Crippen LogP contribution in [-0.4, -0.2) is 31.0 Å². The average Bonchev–Trinajstić information content (AvgIpc) is 2.59. The summed E-state index contributed by atoms with van der Waals surface area (Å²) in [4.78, 5) is 14.5. The molecule has 0 radical (unpaired) electrons. The van der Waals surface area contributed by atoms with E-state index in [0.29, 0.717) is 6.54 Å². The van der Waals surface area contributed by atoms with Gasteiger partial charge in [-0.1, -0.05) is 48.5 Å². The van der Waals surface area contributed by atoms with E-state index in [0.717, 1.165) is 5.56 Å². The molecule has 128 valence electrons. The van der Waals surface area contributed by atoms with Crippen molar-refractivity contribution in [3.63, 3.8) is 0 Å². The fourth-order valence-corrected chi connectivity index (χ4v) is 3.70. The van der Waals surface area contributed by atoms with E-state index in [4.69, 9.17) is 0 Å². The third kappa shape index (κ3) is 4.93. The summed E-state index contributed by atoms with van der Waals surface area (Å²) in [6.45, 7) is 4.36. The van der Waals surface area contributed by atoms with Crippen molar-refractivity contribution in [2.75, 3.05) is 5.75 Å². The molecule has 0 N–H and O–H groups in total. The van der Waals surface area contributed by atoms with E-state index in [1.807, 2.05) is 44.2 Å². The number of rotatable bonds is 7. The Morgan fingerprint density at radius 1 is 0.958 bits per heavy atom. The van der Waals surface area contributed by atoms with Gasteiger partial charge in [-0.2, -0.15) is 0 Å². The van der Waals surface area contributed by atoms with Gasteiger partial charge in [0.25, 0.3) is 0 Å². The highest BCUT2D eigenvalue weighted by atomic mass is 32.2. The molecule has 2 aromatic rings. The Hall–Kier alpha value is -2.14. The van der Waals surface area contributed by atoms with Crippen molar-refractivity contribution in [1.82, 2.24) is 4.90 Å². The lowest BCUT2D eigenvalue weighted by atomic mass is 10.2. The molecule has 0 fully saturated rings. The minimum Gasteiger partial charge on any atom is -0.336 e. The molecule has 2 aromatic carbocycles. The molecule has 0 aromatic heterocycles. The fraction of sp³-hybridized carbons (Fsp3) is 0.316. The van der Waals surface area contributed by atoms with Crippen LogP contribution in [0.2, 0.25) is 0 Å². The van der Waals surface area contributed by atoms with Gasteiger partial charge < -0.3 is 4.90 Å². The van der Waals surface area contributed by atoms with E-state index >= 15 is 0 Å². The van der Waals surface area contributed by atoms with Crippen molar-refractivity contribution in [3.8, 4) is 0 Å². The Labute approximate surface area is 144 Å². The number of sulfone groups is 1. The second kappa shape index (κ2) is 8.11. The SMILES string of the molecule is CC(C)N(Cc1ccccc1)C(=O)CCS(=O)(=O)c1ccccc1. The van der Waals surface area contributed by atoms with Gasteiger partial charge in [-0.05, 0) is 31.5 Å². The summed E-state index contributed by atoms with van der Waals surface area (Å²) in [7, 11) is -3.43. The molecule has 0 bridgehead atoms. The molecule has 4 nitrogen and oxygen atoms in total. The van der Waals surface area contributed by atoms with Crippen LogP contribution in [0.4, 0.5) is 0 Å². The molecule has 0 saturated heterocycles. The number of benzene rings is 2. The monoisotopic (exact) mass is 345 g/mol. The molecule has 0 aliphatic heterocycles. The maximum atomic E-state index is 12.5. The number of carbonyl (C=O) groups is 1. The van der Waals surface area contributed by atoms with Gasteiger partial charge in [0.05, 0.1) is 10.6 Å². The number of hydrogen-bond acceptors (Lipinski definition) is 3. The highest BCUT2D eigenvalue weighted by Gasteiger charge is 2.21. The molecule has 1 amide bonds. The molecule has 0 atom stereocenters. The van der Waals surface area contributed by atoms with Crippen LogP contribution in [0.25, 0.3) is 0 Å². The Bertz CT molecular complexity index is 756. The standard InChI is InChI=1S/C19H23NO3S/c1-16(2)20(15-17-9-5-3-6-10-17)19(21)13-14-24(22,23)18-11-7-4-8-12-18/h3-12,16H,13-15H2,1-2H3. The average molecular weight is 345 g/mol. The lowest BCUT2D eigenvalue weighted by molar-refractivity contribution is -0.133. The van der Waals surface area contributed by atoms with Crippen molar-refractivity contribution >= 4 is 15.7 Å². The van der Waals surface area contributed by atoms with E-state index in [-0.39, 0.29) is 29.0 Å². The molecule has 0 spiro atoms. The molecule has 0 aliphatic rings. The van der Waals surface area contributed by atoms with Crippen LogP contribution in [-0.2, 0) is 21.2 Å². The second-order valence-electron chi connectivity index (χ2n) is 5.98. The zero-order chi connectivity index (χ0) is 17.6. The molecule has 5 heteroatoms. The normalized spacial score (nSPS) is 11.5. The maximum Gasteiger partial charge on any atom is 0.224 e. The van der Waals surface area contributed by atoms with Gasteiger partial charge in [0.1, 0.15) is 0 Å². The third-order valence-corrected chi connectivity index (χ3v) is 5.56.